The molecule has 63 valence electrons. The van der Waals surface area contributed by atoms with Crippen LogP contribution < -0.4 is 0 Å². The Bertz CT molecular complexity index is 123. The number of rotatable bonds is 3. The molecule has 0 aromatic carbocycles. The van der Waals surface area contributed by atoms with E-state index >= 15 is 0 Å². The normalized spacial score (nSPS) is 31.7. The first-order valence-corrected chi connectivity index (χ1v) is 4.37. The van der Waals surface area contributed by atoms with E-state index in [0.717, 1.165) is 25.7 Å². The van der Waals surface area contributed by atoms with Gasteiger partial charge in [-0.3, -0.25) is 4.79 Å². The van der Waals surface area contributed by atoms with Gasteiger partial charge in [0.15, 0.2) is 6.29 Å². The van der Waals surface area contributed by atoms with Crippen LogP contribution in [0, 0.1) is 5.92 Å². The Balaban J connectivity index is 2.23. The van der Waals surface area contributed by atoms with Crippen LogP contribution in [0.2, 0.25) is 0 Å². The van der Waals surface area contributed by atoms with E-state index in [9.17, 15) is 9.90 Å². The molecule has 1 rings (SSSR count). The fraction of sp³-hybridized carbons (Fsp3) is 0.889. The van der Waals surface area contributed by atoms with Crippen molar-refractivity contribution in [3.8, 4) is 0 Å². The third kappa shape index (κ3) is 2.62. The molecule has 1 saturated carbocycles. The molecule has 2 heteroatoms. The van der Waals surface area contributed by atoms with Crippen molar-refractivity contribution in [2.75, 3.05) is 0 Å². The summed E-state index contributed by atoms with van der Waals surface area (Å²) in [4.78, 5) is 9.95. The summed E-state index contributed by atoms with van der Waals surface area (Å²) in [5.74, 6) is 0.366. The molecule has 0 aromatic heterocycles. The SMILES string of the molecule is O=[C]CCC1CCCCC1O. The van der Waals surface area contributed by atoms with Crippen molar-refractivity contribution < 1.29 is 9.90 Å². The second-order valence-corrected chi connectivity index (χ2v) is 3.29. The topological polar surface area (TPSA) is 37.3 Å². The molecule has 1 radical (unpaired) electrons. The van der Waals surface area contributed by atoms with Gasteiger partial charge in [-0.2, -0.15) is 0 Å². The third-order valence-electron chi connectivity index (χ3n) is 2.49. The molecule has 1 aliphatic rings. The number of hydrogen-bond acceptors (Lipinski definition) is 2. The highest BCUT2D eigenvalue weighted by Crippen LogP contribution is 2.27. The van der Waals surface area contributed by atoms with Crippen LogP contribution in [0.15, 0.2) is 0 Å². The van der Waals surface area contributed by atoms with Crippen molar-refractivity contribution in [1.82, 2.24) is 0 Å². The van der Waals surface area contributed by atoms with E-state index in [1.54, 1.807) is 0 Å². The predicted molar refractivity (Wildman–Crippen MR) is 42.9 cm³/mol. The molecule has 0 bridgehead atoms. The zero-order valence-electron chi connectivity index (χ0n) is 6.75. The Hall–Kier alpha value is -0.370. The van der Waals surface area contributed by atoms with Crippen molar-refractivity contribution in [3.05, 3.63) is 0 Å². The Morgan fingerprint density at radius 2 is 2.09 bits per heavy atom. The molecule has 0 aromatic rings. The fourth-order valence-corrected chi connectivity index (χ4v) is 1.77. The summed E-state index contributed by atoms with van der Waals surface area (Å²) in [5, 5.41) is 9.47. The average molecular weight is 155 g/mol. The molecule has 1 aliphatic carbocycles. The minimum Gasteiger partial charge on any atom is -0.393 e. The predicted octanol–water partition coefficient (Wildman–Crippen LogP) is 1.43. The Morgan fingerprint density at radius 1 is 1.36 bits per heavy atom. The molecule has 0 saturated heterocycles. The molecule has 11 heavy (non-hydrogen) atoms. The third-order valence-corrected chi connectivity index (χ3v) is 2.49. The van der Waals surface area contributed by atoms with Gasteiger partial charge in [-0.15, -0.1) is 0 Å². The van der Waals surface area contributed by atoms with Gasteiger partial charge in [-0.05, 0) is 25.2 Å². The number of aliphatic hydroxyl groups excluding tert-OH is 1. The highest BCUT2D eigenvalue weighted by Gasteiger charge is 2.21. The van der Waals surface area contributed by atoms with Gasteiger partial charge < -0.3 is 5.11 Å². The fourth-order valence-electron chi connectivity index (χ4n) is 1.77. The van der Waals surface area contributed by atoms with E-state index in [0.29, 0.717) is 12.3 Å². The molecular formula is C9H15O2. The summed E-state index contributed by atoms with van der Waals surface area (Å²) in [6.45, 7) is 0. The van der Waals surface area contributed by atoms with Crippen molar-refractivity contribution in [1.29, 1.82) is 0 Å². The number of carbonyl (C=O) groups excluding carboxylic acids is 1. The van der Waals surface area contributed by atoms with Gasteiger partial charge in [0.2, 0.25) is 0 Å². The number of aliphatic hydroxyl groups is 1. The van der Waals surface area contributed by atoms with Gasteiger partial charge in [0.05, 0.1) is 6.10 Å². The second kappa shape index (κ2) is 4.50. The first-order valence-electron chi connectivity index (χ1n) is 4.37. The molecule has 0 amide bonds. The van der Waals surface area contributed by atoms with Gasteiger partial charge >= 0.3 is 0 Å². The lowest BCUT2D eigenvalue weighted by Gasteiger charge is -2.26. The molecule has 0 heterocycles. The molecule has 1 N–H and O–H groups in total. The van der Waals surface area contributed by atoms with Crippen LogP contribution in [0.3, 0.4) is 0 Å². The molecular weight excluding hydrogens is 140 g/mol. The summed E-state index contributed by atoms with van der Waals surface area (Å²) < 4.78 is 0. The van der Waals surface area contributed by atoms with Crippen molar-refractivity contribution in [2.45, 2.75) is 44.6 Å². The van der Waals surface area contributed by atoms with Crippen molar-refractivity contribution >= 4 is 6.29 Å². The first-order chi connectivity index (χ1) is 5.34. The maximum atomic E-state index is 9.95. The summed E-state index contributed by atoms with van der Waals surface area (Å²) in [5.41, 5.74) is 0. The van der Waals surface area contributed by atoms with Crippen LogP contribution in [0.5, 0.6) is 0 Å². The van der Waals surface area contributed by atoms with Crippen molar-refractivity contribution in [3.63, 3.8) is 0 Å². The Labute approximate surface area is 67.6 Å². The minimum absolute atomic E-state index is 0.155. The first kappa shape index (κ1) is 8.72. The Morgan fingerprint density at radius 3 is 2.73 bits per heavy atom. The smallest absolute Gasteiger partial charge is 0.198 e. The maximum Gasteiger partial charge on any atom is 0.198 e. The molecule has 2 nitrogen and oxygen atoms in total. The number of hydrogen-bond donors (Lipinski definition) is 1. The summed E-state index contributed by atoms with van der Waals surface area (Å²) in [6, 6.07) is 0. The van der Waals surface area contributed by atoms with E-state index in [4.69, 9.17) is 0 Å². The molecule has 0 aliphatic heterocycles. The zero-order valence-corrected chi connectivity index (χ0v) is 6.75. The maximum absolute atomic E-state index is 9.95. The van der Waals surface area contributed by atoms with E-state index in [-0.39, 0.29) is 6.10 Å². The quantitative estimate of drug-likeness (QED) is 0.669. The second-order valence-electron chi connectivity index (χ2n) is 3.29. The highest BCUT2D eigenvalue weighted by molar-refractivity contribution is 5.50. The zero-order chi connectivity index (χ0) is 8.10. The van der Waals surface area contributed by atoms with Crippen molar-refractivity contribution in [2.24, 2.45) is 5.92 Å². The molecule has 1 fully saturated rings. The summed E-state index contributed by atoms with van der Waals surface area (Å²) >= 11 is 0. The van der Waals surface area contributed by atoms with Crippen LogP contribution in [0.1, 0.15) is 38.5 Å². The van der Waals surface area contributed by atoms with Crippen LogP contribution in [0.4, 0.5) is 0 Å². The molecule has 0 spiro atoms. The Kier molecular flexibility index (Phi) is 3.57. The van der Waals surface area contributed by atoms with Gasteiger partial charge in [-0.25, -0.2) is 0 Å². The van der Waals surface area contributed by atoms with Gasteiger partial charge in [0, 0.05) is 6.42 Å². The largest absolute Gasteiger partial charge is 0.393 e. The minimum atomic E-state index is -0.155. The van der Waals surface area contributed by atoms with Crippen LogP contribution in [-0.4, -0.2) is 17.5 Å². The van der Waals surface area contributed by atoms with E-state index in [2.05, 4.69) is 0 Å². The highest BCUT2D eigenvalue weighted by atomic mass is 16.3. The standard InChI is InChI=1S/C9H15O2/c10-7-3-5-8-4-1-2-6-9(8)11/h8-9,11H,1-6H2. The van der Waals surface area contributed by atoms with Gasteiger partial charge in [0.1, 0.15) is 0 Å². The molecule has 2 atom stereocenters. The van der Waals surface area contributed by atoms with E-state index in [1.165, 1.54) is 6.42 Å². The monoisotopic (exact) mass is 155 g/mol. The van der Waals surface area contributed by atoms with Gasteiger partial charge in [0.25, 0.3) is 0 Å². The van der Waals surface area contributed by atoms with Crippen LogP contribution in [-0.2, 0) is 4.79 Å². The lowest BCUT2D eigenvalue weighted by molar-refractivity contribution is 0.0664. The summed E-state index contributed by atoms with van der Waals surface area (Å²) in [7, 11) is 0. The van der Waals surface area contributed by atoms with Gasteiger partial charge in [-0.1, -0.05) is 12.8 Å². The van der Waals surface area contributed by atoms with E-state index < -0.39 is 0 Å². The average Bonchev–Trinajstić information content (AvgIpc) is 2.03. The van der Waals surface area contributed by atoms with E-state index in [1.807, 2.05) is 6.29 Å². The van der Waals surface area contributed by atoms with Crippen LogP contribution >= 0.6 is 0 Å². The molecule has 2 unspecified atom stereocenters. The lowest BCUT2D eigenvalue weighted by atomic mass is 9.84. The van der Waals surface area contributed by atoms with Crippen LogP contribution in [0.25, 0.3) is 0 Å². The lowest BCUT2D eigenvalue weighted by Crippen LogP contribution is -2.24. The summed E-state index contributed by atoms with van der Waals surface area (Å²) in [6.07, 6.45) is 7.39.